The summed E-state index contributed by atoms with van der Waals surface area (Å²) < 4.78 is 2.11. The molecule has 0 amide bonds. The van der Waals surface area contributed by atoms with Gasteiger partial charge in [-0.2, -0.15) is 4.57 Å². The number of thiazole rings is 1. The van der Waals surface area contributed by atoms with Gasteiger partial charge in [0.2, 0.25) is 11.2 Å². The monoisotopic (exact) mass is 260 g/mol. The zero-order valence-corrected chi connectivity index (χ0v) is 11.6. The summed E-state index contributed by atoms with van der Waals surface area (Å²) in [6.45, 7) is 6.59. The maximum atomic E-state index is 7.85. The van der Waals surface area contributed by atoms with Gasteiger partial charge in [-0.05, 0) is 20.8 Å². The predicted molar refractivity (Wildman–Crippen MR) is 73.7 cm³/mol. The van der Waals surface area contributed by atoms with Crippen LogP contribution in [0.15, 0.2) is 22.7 Å². The molecule has 0 aliphatic heterocycles. The fraction of sp³-hybridized carbons (Fsp3) is 0.308. The number of nitrogens with zero attached hydrogens (tertiary/aromatic N) is 3. The number of rotatable bonds is 3. The van der Waals surface area contributed by atoms with E-state index in [1.165, 1.54) is 5.57 Å². The molecule has 0 aliphatic rings. The predicted octanol–water partition coefficient (Wildman–Crippen LogP) is 3.29. The largest absolute Gasteiger partial charge is 0.482 e. The Morgan fingerprint density at radius 2 is 2.28 bits per heavy atom. The summed E-state index contributed by atoms with van der Waals surface area (Å²) in [5.41, 5.74) is 13.2. The van der Waals surface area contributed by atoms with Gasteiger partial charge in [0.05, 0.1) is 5.38 Å². The highest BCUT2D eigenvalue weighted by Crippen LogP contribution is 2.14. The Labute approximate surface area is 111 Å². The Morgan fingerprint density at radius 1 is 1.50 bits per heavy atom. The lowest BCUT2D eigenvalue weighted by Crippen LogP contribution is -2.34. The first kappa shape index (κ1) is 12.7. The Kier molecular flexibility index (Phi) is 3.72. The molecule has 2 aromatic heterocycles. The van der Waals surface area contributed by atoms with Gasteiger partial charge in [-0.25, -0.2) is 0 Å². The molecule has 0 bridgehead atoms. The van der Waals surface area contributed by atoms with Gasteiger partial charge < -0.3 is 10.7 Å². The van der Waals surface area contributed by atoms with Gasteiger partial charge in [-0.3, -0.25) is 4.98 Å². The standard InChI is InChI=1S/C13H16N4S/c1-9(2)4-12-7-18-8-17(12)6-11-5-15-10(3)16-13(11)14/h4-5,7-8H,6H2,1-3H3,(H-,14,15,16). The van der Waals surface area contributed by atoms with Crippen molar-refractivity contribution in [2.45, 2.75) is 27.3 Å². The minimum absolute atomic E-state index is 0.310. The minimum atomic E-state index is 0.310. The van der Waals surface area contributed by atoms with Crippen LogP contribution >= 0.6 is 11.3 Å². The van der Waals surface area contributed by atoms with Crippen molar-refractivity contribution < 1.29 is 4.57 Å². The molecule has 1 N–H and O–H groups in total. The second kappa shape index (κ2) is 5.27. The highest BCUT2D eigenvalue weighted by molar-refractivity contribution is 7.07. The van der Waals surface area contributed by atoms with E-state index in [0.717, 1.165) is 11.3 Å². The highest BCUT2D eigenvalue weighted by atomic mass is 32.1. The second-order valence-corrected chi connectivity index (χ2v) is 5.14. The zero-order chi connectivity index (χ0) is 13.1. The molecule has 2 rings (SSSR count). The summed E-state index contributed by atoms with van der Waals surface area (Å²) in [5, 5.41) is 2.10. The SMILES string of the molecule is CC(C)=Cc1csc[n+]1Cc1cnc(C)nc1[NH-]. The van der Waals surface area contributed by atoms with Crippen molar-refractivity contribution in [2.75, 3.05) is 0 Å². The molecule has 0 saturated carbocycles. The first-order chi connectivity index (χ1) is 8.56. The molecule has 5 heteroatoms. The molecule has 0 unspecified atom stereocenters. The summed E-state index contributed by atoms with van der Waals surface area (Å²) in [5.74, 6) is 0.952. The molecule has 0 saturated heterocycles. The maximum Gasteiger partial charge on any atom is 0.225 e. The van der Waals surface area contributed by atoms with Crippen LogP contribution in [0.2, 0.25) is 0 Å². The van der Waals surface area contributed by atoms with Crippen LogP contribution in [-0.4, -0.2) is 9.97 Å². The highest BCUT2D eigenvalue weighted by Gasteiger charge is 2.11. The number of nitrogens with one attached hydrogen (secondary N) is 1. The lowest BCUT2D eigenvalue weighted by molar-refractivity contribution is -0.685. The van der Waals surface area contributed by atoms with E-state index in [2.05, 4.69) is 39.8 Å². The van der Waals surface area contributed by atoms with Crippen LogP contribution < -0.4 is 4.57 Å². The van der Waals surface area contributed by atoms with Gasteiger partial charge in [-0.1, -0.05) is 22.7 Å². The van der Waals surface area contributed by atoms with Gasteiger partial charge >= 0.3 is 0 Å². The fourth-order valence-corrected chi connectivity index (χ4v) is 2.38. The molecule has 18 heavy (non-hydrogen) atoms. The molecule has 0 aliphatic carbocycles. The third kappa shape index (κ3) is 2.92. The molecule has 0 atom stereocenters. The average Bonchev–Trinajstić information content (AvgIpc) is 2.69. The number of aromatic nitrogens is 3. The van der Waals surface area contributed by atoms with Crippen LogP contribution in [0.1, 0.15) is 30.9 Å². The molecular formula is C13H16N4S. The van der Waals surface area contributed by atoms with Crippen molar-refractivity contribution in [1.82, 2.24) is 9.97 Å². The summed E-state index contributed by atoms with van der Waals surface area (Å²) in [6.07, 6.45) is 3.87. The zero-order valence-electron chi connectivity index (χ0n) is 10.8. The van der Waals surface area contributed by atoms with Crippen LogP contribution in [0.25, 0.3) is 11.8 Å². The molecule has 4 nitrogen and oxygen atoms in total. The lowest BCUT2D eigenvalue weighted by Gasteiger charge is -2.09. The van der Waals surface area contributed by atoms with Crippen LogP contribution in [-0.2, 0) is 6.54 Å². The molecular weight excluding hydrogens is 244 g/mol. The average molecular weight is 260 g/mol. The normalized spacial score (nSPS) is 10.4. The molecule has 0 spiro atoms. The van der Waals surface area contributed by atoms with Crippen molar-refractivity contribution in [2.24, 2.45) is 0 Å². The van der Waals surface area contributed by atoms with Crippen molar-refractivity contribution >= 4 is 23.2 Å². The van der Waals surface area contributed by atoms with Gasteiger partial charge in [0, 0.05) is 23.7 Å². The van der Waals surface area contributed by atoms with E-state index in [4.69, 9.17) is 5.73 Å². The van der Waals surface area contributed by atoms with E-state index < -0.39 is 0 Å². The second-order valence-electron chi connectivity index (χ2n) is 4.42. The Balaban J connectivity index is 2.29. The minimum Gasteiger partial charge on any atom is -0.482 e. The van der Waals surface area contributed by atoms with E-state index >= 15 is 0 Å². The summed E-state index contributed by atoms with van der Waals surface area (Å²) in [6, 6.07) is 0. The Hall–Kier alpha value is -1.75. The number of allylic oxidation sites excluding steroid dienone is 1. The summed E-state index contributed by atoms with van der Waals surface area (Å²) in [4.78, 5) is 8.23. The summed E-state index contributed by atoms with van der Waals surface area (Å²) >= 11 is 1.65. The fourth-order valence-electron chi connectivity index (χ4n) is 1.64. The number of hydrogen-bond acceptors (Lipinski definition) is 3. The van der Waals surface area contributed by atoms with Crippen LogP contribution in [0.5, 0.6) is 0 Å². The van der Waals surface area contributed by atoms with Crippen LogP contribution in [0.3, 0.4) is 0 Å². The van der Waals surface area contributed by atoms with Crippen molar-refractivity contribution in [3.05, 3.63) is 45.5 Å². The van der Waals surface area contributed by atoms with E-state index in [9.17, 15) is 0 Å². The Morgan fingerprint density at radius 3 is 2.94 bits per heavy atom. The van der Waals surface area contributed by atoms with E-state index in [1.54, 1.807) is 24.5 Å². The number of hydrogen-bond donors (Lipinski definition) is 0. The summed E-state index contributed by atoms with van der Waals surface area (Å²) in [7, 11) is 0. The molecule has 2 heterocycles. The van der Waals surface area contributed by atoms with Gasteiger partial charge in [-0.15, -0.1) is 0 Å². The van der Waals surface area contributed by atoms with Gasteiger partial charge in [0.15, 0.2) is 6.54 Å². The van der Waals surface area contributed by atoms with Gasteiger partial charge in [0.25, 0.3) is 0 Å². The molecule has 0 fully saturated rings. The third-order valence-electron chi connectivity index (χ3n) is 2.47. The first-order valence-electron chi connectivity index (χ1n) is 5.71. The van der Waals surface area contributed by atoms with E-state index in [-0.39, 0.29) is 0 Å². The van der Waals surface area contributed by atoms with Gasteiger partial charge in [0.1, 0.15) is 0 Å². The third-order valence-corrected chi connectivity index (χ3v) is 3.22. The topological polar surface area (TPSA) is 53.5 Å². The van der Waals surface area contributed by atoms with Crippen molar-refractivity contribution in [1.29, 1.82) is 0 Å². The smallest absolute Gasteiger partial charge is 0.225 e. The first-order valence-corrected chi connectivity index (χ1v) is 6.65. The lowest BCUT2D eigenvalue weighted by atomic mass is 10.2. The number of aryl methyl sites for hydroxylation is 1. The quantitative estimate of drug-likeness (QED) is 0.795. The van der Waals surface area contributed by atoms with Crippen LogP contribution in [0, 0.1) is 6.92 Å². The van der Waals surface area contributed by atoms with E-state index in [0.29, 0.717) is 18.2 Å². The molecule has 2 aromatic rings. The molecule has 94 valence electrons. The Bertz CT molecular complexity index is 582. The van der Waals surface area contributed by atoms with E-state index in [1.807, 2.05) is 5.51 Å². The van der Waals surface area contributed by atoms with Crippen molar-refractivity contribution in [3.63, 3.8) is 0 Å². The van der Waals surface area contributed by atoms with Crippen LogP contribution in [0.4, 0.5) is 5.82 Å². The maximum absolute atomic E-state index is 7.85. The molecule has 0 radical (unpaired) electrons. The molecule has 0 aromatic carbocycles. The van der Waals surface area contributed by atoms with Crippen molar-refractivity contribution in [3.8, 4) is 0 Å².